The second-order valence-corrected chi connectivity index (χ2v) is 6.40. The first-order valence-corrected chi connectivity index (χ1v) is 8.81. The molecular formula is C19H22N4O3. The summed E-state index contributed by atoms with van der Waals surface area (Å²) in [6.07, 6.45) is 1.69. The molecule has 1 amide bonds. The molecule has 0 bridgehead atoms. The maximum absolute atomic E-state index is 12.7. The van der Waals surface area contributed by atoms with Gasteiger partial charge in [-0.05, 0) is 37.3 Å². The van der Waals surface area contributed by atoms with Crippen LogP contribution in [0.5, 0.6) is 0 Å². The van der Waals surface area contributed by atoms with Crippen molar-refractivity contribution in [3.8, 4) is 0 Å². The summed E-state index contributed by atoms with van der Waals surface area (Å²) in [5.74, 6) is 1.58. The minimum atomic E-state index is -0.152. The fraction of sp³-hybridized carbons (Fsp3) is 0.368. The van der Waals surface area contributed by atoms with Crippen molar-refractivity contribution in [3.05, 3.63) is 59.8 Å². The van der Waals surface area contributed by atoms with Crippen molar-refractivity contribution >= 4 is 11.4 Å². The summed E-state index contributed by atoms with van der Waals surface area (Å²) in [5.41, 5.74) is 1.41. The van der Waals surface area contributed by atoms with Crippen molar-refractivity contribution in [1.29, 1.82) is 0 Å². The van der Waals surface area contributed by atoms with E-state index in [-0.39, 0.29) is 11.9 Å². The Bertz CT molecular complexity index is 895. The molecule has 1 aliphatic rings. The average Bonchev–Trinajstić information content (AvgIpc) is 3.31. The summed E-state index contributed by atoms with van der Waals surface area (Å²) >= 11 is 0. The molecule has 1 aliphatic heterocycles. The van der Waals surface area contributed by atoms with Gasteiger partial charge in [0, 0.05) is 19.6 Å². The lowest BCUT2D eigenvalue weighted by Crippen LogP contribution is -2.43. The fourth-order valence-electron chi connectivity index (χ4n) is 3.33. The molecule has 1 fully saturated rings. The average molecular weight is 354 g/mol. The lowest BCUT2D eigenvalue weighted by Gasteiger charge is -2.33. The van der Waals surface area contributed by atoms with Crippen molar-refractivity contribution in [2.24, 2.45) is 0 Å². The van der Waals surface area contributed by atoms with Crippen molar-refractivity contribution < 1.29 is 13.9 Å². The highest BCUT2D eigenvalue weighted by molar-refractivity contribution is 5.93. The van der Waals surface area contributed by atoms with E-state index >= 15 is 0 Å². The van der Waals surface area contributed by atoms with Crippen LogP contribution >= 0.6 is 0 Å². The minimum absolute atomic E-state index is 0.0200. The molecule has 7 nitrogen and oxygen atoms in total. The Morgan fingerprint density at radius 1 is 1.23 bits per heavy atom. The molecule has 1 saturated heterocycles. The summed E-state index contributed by atoms with van der Waals surface area (Å²) in [4.78, 5) is 15.0. The Morgan fingerprint density at radius 2 is 2.08 bits per heavy atom. The number of ether oxygens (including phenoxy) is 1. The van der Waals surface area contributed by atoms with Gasteiger partial charge < -0.3 is 14.5 Å². The second-order valence-electron chi connectivity index (χ2n) is 6.40. The molecule has 4 rings (SSSR count). The molecule has 0 aliphatic carbocycles. The number of carbonyl (C=O) groups is 1. The smallest absolute Gasteiger partial charge is 0.270 e. The number of aryl methyl sites for hydroxylation is 1. The van der Waals surface area contributed by atoms with Crippen LogP contribution in [0, 0.1) is 6.92 Å². The van der Waals surface area contributed by atoms with E-state index in [1.807, 2.05) is 37.3 Å². The predicted octanol–water partition coefficient (Wildman–Crippen LogP) is 2.04. The van der Waals surface area contributed by atoms with Crippen LogP contribution in [0.1, 0.15) is 28.1 Å². The first-order valence-electron chi connectivity index (χ1n) is 8.81. The number of rotatable bonds is 5. The Labute approximate surface area is 151 Å². The first-order chi connectivity index (χ1) is 12.7. The van der Waals surface area contributed by atoms with E-state index in [0.29, 0.717) is 25.5 Å². The normalized spacial score (nSPS) is 16.7. The van der Waals surface area contributed by atoms with Crippen LogP contribution in [0.25, 0.3) is 5.52 Å². The third-order valence-electron chi connectivity index (χ3n) is 4.69. The Kier molecular flexibility index (Phi) is 4.73. The van der Waals surface area contributed by atoms with E-state index in [1.54, 1.807) is 16.8 Å². The van der Waals surface area contributed by atoms with E-state index in [0.717, 1.165) is 30.1 Å². The zero-order valence-corrected chi connectivity index (χ0v) is 14.7. The zero-order valence-electron chi connectivity index (χ0n) is 14.7. The molecule has 0 radical (unpaired) electrons. The number of amides is 1. The number of carbonyl (C=O) groups excluding carboxylic acids is 1. The van der Waals surface area contributed by atoms with Crippen LogP contribution in [0.2, 0.25) is 0 Å². The summed E-state index contributed by atoms with van der Waals surface area (Å²) in [6.45, 7) is 5.40. The quantitative estimate of drug-likeness (QED) is 0.759. The van der Waals surface area contributed by atoms with Gasteiger partial charge in [-0.2, -0.15) is 5.10 Å². The highest BCUT2D eigenvalue weighted by Gasteiger charge is 2.26. The molecule has 3 aromatic heterocycles. The third-order valence-corrected chi connectivity index (χ3v) is 4.69. The van der Waals surface area contributed by atoms with Crippen molar-refractivity contribution in [1.82, 2.24) is 19.8 Å². The van der Waals surface area contributed by atoms with Crippen molar-refractivity contribution in [2.75, 3.05) is 32.8 Å². The van der Waals surface area contributed by atoms with Gasteiger partial charge in [0.15, 0.2) is 0 Å². The number of nitrogens with zero attached hydrogens (tertiary/aromatic N) is 3. The highest BCUT2D eigenvalue weighted by atomic mass is 16.5. The van der Waals surface area contributed by atoms with E-state index in [9.17, 15) is 4.79 Å². The van der Waals surface area contributed by atoms with E-state index in [1.165, 1.54) is 0 Å². The van der Waals surface area contributed by atoms with E-state index in [4.69, 9.17) is 9.15 Å². The molecule has 3 aromatic rings. The second kappa shape index (κ2) is 7.31. The molecule has 4 heterocycles. The van der Waals surface area contributed by atoms with Gasteiger partial charge in [0.2, 0.25) is 0 Å². The molecule has 26 heavy (non-hydrogen) atoms. The van der Waals surface area contributed by atoms with Crippen LogP contribution < -0.4 is 5.32 Å². The fourth-order valence-corrected chi connectivity index (χ4v) is 3.33. The minimum Gasteiger partial charge on any atom is -0.465 e. The van der Waals surface area contributed by atoms with Crippen LogP contribution in [0.4, 0.5) is 0 Å². The third kappa shape index (κ3) is 3.36. The van der Waals surface area contributed by atoms with Gasteiger partial charge in [-0.25, -0.2) is 4.52 Å². The van der Waals surface area contributed by atoms with Crippen LogP contribution in [0.15, 0.2) is 47.0 Å². The molecule has 0 aromatic carbocycles. The van der Waals surface area contributed by atoms with Gasteiger partial charge >= 0.3 is 0 Å². The monoisotopic (exact) mass is 354 g/mol. The van der Waals surface area contributed by atoms with Gasteiger partial charge in [-0.15, -0.1) is 0 Å². The van der Waals surface area contributed by atoms with E-state index in [2.05, 4.69) is 15.3 Å². The largest absolute Gasteiger partial charge is 0.465 e. The topological polar surface area (TPSA) is 72.0 Å². The summed E-state index contributed by atoms with van der Waals surface area (Å²) < 4.78 is 12.9. The van der Waals surface area contributed by atoms with Crippen LogP contribution in [0.3, 0.4) is 0 Å². The molecular weight excluding hydrogens is 332 g/mol. The number of fused-ring (bicyclic) bond motifs is 1. The number of nitrogens with one attached hydrogen (secondary N) is 1. The first kappa shape index (κ1) is 16.8. The maximum Gasteiger partial charge on any atom is 0.270 e. The molecule has 7 heteroatoms. The van der Waals surface area contributed by atoms with Gasteiger partial charge in [-0.1, -0.05) is 6.07 Å². The SMILES string of the molecule is Cc1ccc([C@@H](CNC(=O)c2cccc3ccnn23)N2CCOCC2)o1. The maximum atomic E-state index is 12.7. The number of pyridine rings is 1. The van der Waals surface area contributed by atoms with Crippen LogP contribution in [-0.4, -0.2) is 53.3 Å². The van der Waals surface area contributed by atoms with Gasteiger partial charge in [-0.3, -0.25) is 9.69 Å². The van der Waals surface area contributed by atoms with Gasteiger partial charge in [0.25, 0.3) is 5.91 Å². The van der Waals surface area contributed by atoms with Crippen molar-refractivity contribution in [3.63, 3.8) is 0 Å². The molecule has 0 saturated carbocycles. The number of aromatic nitrogens is 2. The Balaban J connectivity index is 1.52. The molecule has 1 atom stereocenters. The standard InChI is InChI=1S/C19H22N4O3/c1-14-5-6-18(26-14)17(22-9-11-25-12-10-22)13-20-19(24)16-4-2-3-15-7-8-21-23(15)16/h2-8,17H,9-13H2,1H3,(H,20,24)/t17-/m1/s1. The predicted molar refractivity (Wildman–Crippen MR) is 96.1 cm³/mol. The number of hydrogen-bond acceptors (Lipinski definition) is 5. The summed E-state index contributed by atoms with van der Waals surface area (Å²) in [7, 11) is 0. The summed E-state index contributed by atoms with van der Waals surface area (Å²) in [5, 5.41) is 7.27. The lowest BCUT2D eigenvalue weighted by molar-refractivity contribution is 0.0116. The summed E-state index contributed by atoms with van der Waals surface area (Å²) in [6, 6.07) is 11.3. The molecule has 1 N–H and O–H groups in total. The van der Waals surface area contributed by atoms with Gasteiger partial charge in [0.1, 0.15) is 17.2 Å². The van der Waals surface area contributed by atoms with Crippen molar-refractivity contribution in [2.45, 2.75) is 13.0 Å². The van der Waals surface area contributed by atoms with Gasteiger partial charge in [0.05, 0.1) is 31.0 Å². The van der Waals surface area contributed by atoms with Crippen LogP contribution in [-0.2, 0) is 4.74 Å². The Hall–Kier alpha value is -2.64. The van der Waals surface area contributed by atoms with E-state index < -0.39 is 0 Å². The lowest BCUT2D eigenvalue weighted by atomic mass is 10.1. The number of hydrogen-bond donors (Lipinski definition) is 1. The molecule has 0 spiro atoms. The highest BCUT2D eigenvalue weighted by Crippen LogP contribution is 2.23. The number of morpholine rings is 1. The zero-order chi connectivity index (χ0) is 17.9. The Morgan fingerprint density at radius 3 is 2.85 bits per heavy atom. The molecule has 136 valence electrons. The number of furan rings is 1. The molecule has 0 unspecified atom stereocenters.